The van der Waals surface area contributed by atoms with Gasteiger partial charge in [-0.05, 0) is 29.8 Å². The Bertz CT molecular complexity index is 650. The summed E-state index contributed by atoms with van der Waals surface area (Å²) < 4.78 is 10.4. The standard InChI is InChI=1S/C18H22N2O4/c1-14(21)19-16-7-5-15(6-8-16)12-18(22)20(9-11-23-2)13-17-4-3-10-24-17/h3-8,10H,9,11-13H2,1-2H3,(H,19,21). The molecule has 128 valence electrons. The Balaban J connectivity index is 1.99. The van der Waals surface area contributed by atoms with Gasteiger partial charge in [0, 0.05) is 26.3 Å². The largest absolute Gasteiger partial charge is 0.467 e. The lowest BCUT2D eigenvalue weighted by molar-refractivity contribution is -0.132. The van der Waals surface area contributed by atoms with Gasteiger partial charge in [0.1, 0.15) is 5.76 Å². The first-order chi connectivity index (χ1) is 11.6. The van der Waals surface area contributed by atoms with E-state index in [1.807, 2.05) is 18.2 Å². The van der Waals surface area contributed by atoms with Crippen molar-refractivity contribution < 1.29 is 18.7 Å². The lowest BCUT2D eigenvalue weighted by atomic mass is 10.1. The summed E-state index contributed by atoms with van der Waals surface area (Å²) >= 11 is 0. The molecule has 1 N–H and O–H groups in total. The smallest absolute Gasteiger partial charge is 0.227 e. The first-order valence-corrected chi connectivity index (χ1v) is 7.74. The van der Waals surface area contributed by atoms with Gasteiger partial charge in [-0.1, -0.05) is 12.1 Å². The van der Waals surface area contributed by atoms with Crippen LogP contribution >= 0.6 is 0 Å². The number of rotatable bonds is 8. The Labute approximate surface area is 141 Å². The fourth-order valence-electron chi connectivity index (χ4n) is 2.28. The molecule has 6 heteroatoms. The van der Waals surface area contributed by atoms with Crippen molar-refractivity contribution in [3.63, 3.8) is 0 Å². The number of benzene rings is 1. The van der Waals surface area contributed by atoms with Gasteiger partial charge in [0.05, 0.1) is 25.8 Å². The van der Waals surface area contributed by atoms with Crippen LogP contribution in [0.4, 0.5) is 5.69 Å². The topological polar surface area (TPSA) is 71.8 Å². The normalized spacial score (nSPS) is 10.4. The van der Waals surface area contributed by atoms with Crippen LogP contribution in [0, 0.1) is 0 Å². The van der Waals surface area contributed by atoms with E-state index in [-0.39, 0.29) is 18.2 Å². The molecule has 0 bridgehead atoms. The highest BCUT2D eigenvalue weighted by atomic mass is 16.5. The van der Waals surface area contributed by atoms with Crippen molar-refractivity contribution in [2.45, 2.75) is 19.9 Å². The molecule has 0 saturated heterocycles. The summed E-state index contributed by atoms with van der Waals surface area (Å²) in [6.45, 7) is 2.84. The first-order valence-electron chi connectivity index (χ1n) is 7.74. The summed E-state index contributed by atoms with van der Waals surface area (Å²) in [5, 5.41) is 2.70. The number of methoxy groups -OCH3 is 1. The second-order valence-electron chi connectivity index (χ2n) is 5.44. The molecular weight excluding hydrogens is 308 g/mol. The van der Waals surface area contributed by atoms with Crippen molar-refractivity contribution in [1.29, 1.82) is 0 Å². The number of carbonyl (C=O) groups excluding carboxylic acids is 2. The summed E-state index contributed by atoms with van der Waals surface area (Å²) in [7, 11) is 1.61. The summed E-state index contributed by atoms with van der Waals surface area (Å²) in [4.78, 5) is 25.3. The molecule has 2 aromatic rings. The molecule has 2 rings (SSSR count). The number of anilines is 1. The second-order valence-corrected chi connectivity index (χ2v) is 5.44. The summed E-state index contributed by atoms with van der Waals surface area (Å²) in [5.41, 5.74) is 1.60. The second kappa shape index (κ2) is 8.88. The average Bonchev–Trinajstić information content (AvgIpc) is 3.05. The van der Waals surface area contributed by atoms with Gasteiger partial charge in [-0.15, -0.1) is 0 Å². The molecule has 0 atom stereocenters. The molecule has 0 unspecified atom stereocenters. The van der Waals surface area contributed by atoms with Gasteiger partial charge in [0.25, 0.3) is 0 Å². The minimum Gasteiger partial charge on any atom is -0.467 e. The van der Waals surface area contributed by atoms with Gasteiger partial charge >= 0.3 is 0 Å². The van der Waals surface area contributed by atoms with Crippen LogP contribution in [-0.4, -0.2) is 37.0 Å². The van der Waals surface area contributed by atoms with Gasteiger partial charge in [-0.2, -0.15) is 0 Å². The lowest BCUT2D eigenvalue weighted by Crippen LogP contribution is -2.34. The van der Waals surface area contributed by atoms with Crippen LogP contribution in [0.5, 0.6) is 0 Å². The zero-order valence-corrected chi connectivity index (χ0v) is 14.0. The fourth-order valence-corrected chi connectivity index (χ4v) is 2.28. The Morgan fingerprint density at radius 1 is 1.21 bits per heavy atom. The van der Waals surface area contributed by atoms with Crippen LogP contribution in [0.25, 0.3) is 0 Å². The maximum absolute atomic E-state index is 12.6. The number of nitrogens with zero attached hydrogens (tertiary/aromatic N) is 1. The molecule has 0 saturated carbocycles. The predicted molar refractivity (Wildman–Crippen MR) is 90.5 cm³/mol. The van der Waals surface area contributed by atoms with Gasteiger partial charge < -0.3 is 19.4 Å². The molecule has 0 radical (unpaired) electrons. The van der Waals surface area contributed by atoms with E-state index in [1.165, 1.54) is 6.92 Å². The number of amides is 2. The quantitative estimate of drug-likeness (QED) is 0.807. The minimum absolute atomic E-state index is 0.00396. The Kier molecular flexibility index (Phi) is 6.57. The van der Waals surface area contributed by atoms with Crippen molar-refractivity contribution in [2.24, 2.45) is 0 Å². The number of hydrogen-bond donors (Lipinski definition) is 1. The molecule has 0 aliphatic rings. The van der Waals surface area contributed by atoms with E-state index in [0.717, 1.165) is 11.3 Å². The highest BCUT2D eigenvalue weighted by Gasteiger charge is 2.15. The Morgan fingerprint density at radius 2 is 1.96 bits per heavy atom. The van der Waals surface area contributed by atoms with Crippen LogP contribution in [0.1, 0.15) is 18.2 Å². The first kappa shape index (κ1) is 17.7. The van der Waals surface area contributed by atoms with E-state index in [4.69, 9.17) is 9.15 Å². The third kappa shape index (κ3) is 5.55. The zero-order valence-electron chi connectivity index (χ0n) is 14.0. The average molecular weight is 330 g/mol. The maximum atomic E-state index is 12.6. The maximum Gasteiger partial charge on any atom is 0.227 e. The van der Waals surface area contributed by atoms with E-state index < -0.39 is 0 Å². The van der Waals surface area contributed by atoms with Crippen molar-refractivity contribution >= 4 is 17.5 Å². The SMILES string of the molecule is COCCN(Cc1ccco1)C(=O)Cc1ccc(NC(C)=O)cc1. The Hall–Kier alpha value is -2.60. The number of furan rings is 1. The summed E-state index contributed by atoms with van der Waals surface area (Å²) in [6, 6.07) is 10.9. The molecule has 2 amide bonds. The van der Waals surface area contributed by atoms with Crippen LogP contribution in [0.15, 0.2) is 47.1 Å². The highest BCUT2D eigenvalue weighted by Crippen LogP contribution is 2.12. The van der Waals surface area contributed by atoms with Gasteiger partial charge in [-0.25, -0.2) is 0 Å². The van der Waals surface area contributed by atoms with Crippen LogP contribution in [-0.2, 0) is 27.3 Å². The van der Waals surface area contributed by atoms with Crippen molar-refractivity contribution in [2.75, 3.05) is 25.6 Å². The van der Waals surface area contributed by atoms with Crippen LogP contribution in [0.2, 0.25) is 0 Å². The predicted octanol–water partition coefficient (Wildman–Crippen LogP) is 2.46. The highest BCUT2D eigenvalue weighted by molar-refractivity contribution is 5.88. The summed E-state index contributed by atoms with van der Waals surface area (Å²) in [5.74, 6) is 0.610. The van der Waals surface area contributed by atoms with Crippen molar-refractivity contribution in [3.8, 4) is 0 Å². The fraction of sp³-hybridized carbons (Fsp3) is 0.333. The van der Waals surface area contributed by atoms with Crippen LogP contribution < -0.4 is 5.32 Å². The monoisotopic (exact) mass is 330 g/mol. The molecule has 6 nitrogen and oxygen atoms in total. The van der Waals surface area contributed by atoms with Gasteiger partial charge in [0.15, 0.2) is 0 Å². The molecule has 1 aromatic carbocycles. The molecule has 0 aliphatic heterocycles. The molecule has 1 heterocycles. The van der Waals surface area contributed by atoms with Crippen molar-refractivity contribution in [3.05, 3.63) is 54.0 Å². The lowest BCUT2D eigenvalue weighted by Gasteiger charge is -2.21. The third-order valence-corrected chi connectivity index (χ3v) is 3.47. The molecule has 0 spiro atoms. The molecule has 24 heavy (non-hydrogen) atoms. The number of hydrogen-bond acceptors (Lipinski definition) is 4. The van der Waals surface area contributed by atoms with Gasteiger partial charge in [-0.3, -0.25) is 9.59 Å². The van der Waals surface area contributed by atoms with Gasteiger partial charge in [0.2, 0.25) is 11.8 Å². The van der Waals surface area contributed by atoms with Crippen LogP contribution in [0.3, 0.4) is 0 Å². The molecule has 0 aliphatic carbocycles. The van der Waals surface area contributed by atoms with E-state index in [9.17, 15) is 9.59 Å². The van der Waals surface area contributed by atoms with E-state index in [0.29, 0.717) is 25.4 Å². The van der Waals surface area contributed by atoms with E-state index in [1.54, 1.807) is 36.5 Å². The summed E-state index contributed by atoms with van der Waals surface area (Å²) in [6.07, 6.45) is 1.87. The van der Waals surface area contributed by atoms with E-state index >= 15 is 0 Å². The van der Waals surface area contributed by atoms with Crippen molar-refractivity contribution in [1.82, 2.24) is 4.90 Å². The Morgan fingerprint density at radius 3 is 2.54 bits per heavy atom. The van der Waals surface area contributed by atoms with E-state index in [2.05, 4.69) is 5.32 Å². The number of ether oxygens (including phenoxy) is 1. The number of nitrogens with one attached hydrogen (secondary N) is 1. The minimum atomic E-state index is -0.122. The molecule has 1 aromatic heterocycles. The number of carbonyl (C=O) groups is 2. The molecule has 0 fully saturated rings. The zero-order chi connectivity index (χ0) is 17.4. The third-order valence-electron chi connectivity index (χ3n) is 3.47. The molecular formula is C18H22N2O4.